The second kappa shape index (κ2) is 5.98. The first-order valence-corrected chi connectivity index (χ1v) is 5.76. The van der Waals surface area contributed by atoms with Crippen molar-refractivity contribution in [1.29, 1.82) is 0 Å². The summed E-state index contributed by atoms with van der Waals surface area (Å²) in [7, 11) is 0. The van der Waals surface area contributed by atoms with Crippen LogP contribution in [-0.2, 0) is 0 Å². The minimum atomic E-state index is -0.832. The van der Waals surface area contributed by atoms with Gasteiger partial charge in [-0.1, -0.05) is 0 Å². The van der Waals surface area contributed by atoms with Crippen LogP contribution in [0.15, 0.2) is 18.2 Å². The molecule has 96 valence electrons. The molecular formula is C13H20FNO2. The molecule has 0 aliphatic carbocycles. The van der Waals surface area contributed by atoms with Gasteiger partial charge in [0.2, 0.25) is 0 Å². The molecule has 0 fully saturated rings. The van der Waals surface area contributed by atoms with E-state index in [0.29, 0.717) is 25.2 Å². The summed E-state index contributed by atoms with van der Waals surface area (Å²) in [6.45, 7) is 4.23. The Morgan fingerprint density at radius 3 is 2.76 bits per heavy atom. The molecule has 3 nitrogen and oxygen atoms in total. The molecule has 0 saturated carbocycles. The number of benzene rings is 1. The highest BCUT2D eigenvalue weighted by Gasteiger charge is 2.16. The SMILES string of the molecule is Cc1cc(F)ccc1OCCCC(C)(O)CN. The van der Waals surface area contributed by atoms with Crippen molar-refractivity contribution in [3.63, 3.8) is 0 Å². The summed E-state index contributed by atoms with van der Waals surface area (Å²) in [6.07, 6.45) is 1.30. The van der Waals surface area contributed by atoms with Crippen molar-refractivity contribution in [3.8, 4) is 5.75 Å². The molecule has 0 aromatic heterocycles. The van der Waals surface area contributed by atoms with E-state index in [0.717, 1.165) is 5.56 Å². The number of halogens is 1. The zero-order chi connectivity index (χ0) is 12.9. The van der Waals surface area contributed by atoms with Gasteiger partial charge in [0.05, 0.1) is 12.2 Å². The molecule has 0 radical (unpaired) electrons. The predicted octanol–water partition coefficient (Wildman–Crippen LogP) is 2.00. The molecule has 1 unspecified atom stereocenters. The average Bonchev–Trinajstić information content (AvgIpc) is 2.27. The largest absolute Gasteiger partial charge is 0.493 e. The number of ether oxygens (including phenoxy) is 1. The Hall–Kier alpha value is -1.13. The highest BCUT2D eigenvalue weighted by molar-refractivity contribution is 5.32. The molecule has 3 N–H and O–H groups in total. The van der Waals surface area contributed by atoms with Crippen molar-refractivity contribution >= 4 is 0 Å². The average molecular weight is 241 g/mol. The molecular weight excluding hydrogens is 221 g/mol. The van der Waals surface area contributed by atoms with E-state index >= 15 is 0 Å². The van der Waals surface area contributed by atoms with Crippen LogP contribution in [0, 0.1) is 12.7 Å². The van der Waals surface area contributed by atoms with E-state index in [1.54, 1.807) is 19.9 Å². The Kier molecular flexibility index (Phi) is 4.90. The van der Waals surface area contributed by atoms with Crippen LogP contribution in [0.1, 0.15) is 25.3 Å². The molecule has 0 saturated heterocycles. The molecule has 1 aromatic carbocycles. The van der Waals surface area contributed by atoms with E-state index < -0.39 is 5.60 Å². The van der Waals surface area contributed by atoms with Crippen LogP contribution in [0.25, 0.3) is 0 Å². The van der Waals surface area contributed by atoms with Gasteiger partial charge in [0.15, 0.2) is 0 Å². The standard InChI is InChI=1S/C13H20FNO2/c1-10-8-11(14)4-5-12(10)17-7-3-6-13(2,16)9-15/h4-5,8,16H,3,6-7,9,15H2,1-2H3. The maximum Gasteiger partial charge on any atom is 0.123 e. The summed E-state index contributed by atoms with van der Waals surface area (Å²) in [5.74, 6) is 0.416. The fourth-order valence-corrected chi connectivity index (χ4v) is 1.51. The molecule has 1 atom stereocenters. The Balaban J connectivity index is 2.36. The second-order valence-electron chi connectivity index (χ2n) is 4.56. The lowest BCUT2D eigenvalue weighted by Gasteiger charge is -2.20. The van der Waals surface area contributed by atoms with Crippen LogP contribution >= 0.6 is 0 Å². The number of hydrogen-bond acceptors (Lipinski definition) is 3. The molecule has 0 heterocycles. The molecule has 0 aliphatic heterocycles. The summed E-state index contributed by atoms with van der Waals surface area (Å²) in [5.41, 5.74) is 5.35. The third-order valence-electron chi connectivity index (χ3n) is 2.69. The van der Waals surface area contributed by atoms with Crippen molar-refractivity contribution < 1.29 is 14.2 Å². The van der Waals surface area contributed by atoms with Crippen LogP contribution in [-0.4, -0.2) is 23.9 Å². The maximum absolute atomic E-state index is 12.8. The number of hydrogen-bond donors (Lipinski definition) is 2. The van der Waals surface area contributed by atoms with Gasteiger partial charge in [0.1, 0.15) is 11.6 Å². The van der Waals surface area contributed by atoms with E-state index in [2.05, 4.69) is 0 Å². The van der Waals surface area contributed by atoms with E-state index in [9.17, 15) is 9.50 Å². The summed E-state index contributed by atoms with van der Waals surface area (Å²) in [6, 6.07) is 4.43. The molecule has 4 heteroatoms. The maximum atomic E-state index is 12.8. The van der Waals surface area contributed by atoms with Gasteiger partial charge >= 0.3 is 0 Å². The molecule has 0 aliphatic rings. The summed E-state index contributed by atoms with van der Waals surface area (Å²) in [5, 5.41) is 9.68. The lowest BCUT2D eigenvalue weighted by Crippen LogP contribution is -2.34. The van der Waals surface area contributed by atoms with Gasteiger partial charge in [-0.25, -0.2) is 4.39 Å². The van der Waals surface area contributed by atoms with Crippen LogP contribution < -0.4 is 10.5 Å². The van der Waals surface area contributed by atoms with E-state index in [1.165, 1.54) is 12.1 Å². The topological polar surface area (TPSA) is 55.5 Å². The Bertz CT molecular complexity index is 366. The Morgan fingerprint density at radius 2 is 2.18 bits per heavy atom. The van der Waals surface area contributed by atoms with Crippen molar-refractivity contribution in [2.75, 3.05) is 13.2 Å². The molecule has 0 spiro atoms. The van der Waals surface area contributed by atoms with Gasteiger partial charge in [-0.05, 0) is 50.5 Å². The molecule has 0 bridgehead atoms. The summed E-state index contributed by atoms with van der Waals surface area (Å²) < 4.78 is 18.3. The second-order valence-corrected chi connectivity index (χ2v) is 4.56. The minimum Gasteiger partial charge on any atom is -0.493 e. The number of aliphatic hydroxyl groups is 1. The van der Waals surface area contributed by atoms with Crippen molar-refractivity contribution in [2.24, 2.45) is 5.73 Å². The van der Waals surface area contributed by atoms with Crippen LogP contribution in [0.3, 0.4) is 0 Å². The third-order valence-corrected chi connectivity index (χ3v) is 2.69. The monoisotopic (exact) mass is 241 g/mol. The first-order valence-electron chi connectivity index (χ1n) is 5.76. The van der Waals surface area contributed by atoms with Crippen molar-refractivity contribution in [3.05, 3.63) is 29.6 Å². The zero-order valence-electron chi connectivity index (χ0n) is 10.4. The fraction of sp³-hybridized carbons (Fsp3) is 0.538. The summed E-state index contributed by atoms with van der Waals surface area (Å²) in [4.78, 5) is 0. The van der Waals surface area contributed by atoms with Crippen LogP contribution in [0.5, 0.6) is 5.75 Å². The number of nitrogens with two attached hydrogens (primary N) is 1. The highest BCUT2D eigenvalue weighted by atomic mass is 19.1. The van der Waals surface area contributed by atoms with Crippen molar-refractivity contribution in [2.45, 2.75) is 32.3 Å². The fourth-order valence-electron chi connectivity index (χ4n) is 1.51. The zero-order valence-corrected chi connectivity index (χ0v) is 10.4. The van der Waals surface area contributed by atoms with Crippen molar-refractivity contribution in [1.82, 2.24) is 0 Å². The summed E-state index contributed by atoms with van der Waals surface area (Å²) >= 11 is 0. The Morgan fingerprint density at radius 1 is 1.47 bits per heavy atom. The number of aryl methyl sites for hydroxylation is 1. The van der Waals surface area contributed by atoms with Gasteiger partial charge in [-0.2, -0.15) is 0 Å². The smallest absolute Gasteiger partial charge is 0.123 e. The van der Waals surface area contributed by atoms with Gasteiger partial charge in [-0.15, -0.1) is 0 Å². The van der Waals surface area contributed by atoms with Gasteiger partial charge < -0.3 is 15.6 Å². The quantitative estimate of drug-likeness (QED) is 0.749. The predicted molar refractivity (Wildman–Crippen MR) is 65.5 cm³/mol. The molecule has 1 rings (SSSR count). The molecule has 0 amide bonds. The van der Waals surface area contributed by atoms with Crippen LogP contribution in [0.4, 0.5) is 4.39 Å². The number of rotatable bonds is 6. The van der Waals surface area contributed by atoms with Crippen LogP contribution in [0.2, 0.25) is 0 Å². The van der Waals surface area contributed by atoms with Gasteiger partial charge in [-0.3, -0.25) is 0 Å². The first-order chi connectivity index (χ1) is 7.94. The lowest BCUT2D eigenvalue weighted by atomic mass is 10.0. The van der Waals surface area contributed by atoms with Gasteiger partial charge in [0, 0.05) is 6.54 Å². The van der Waals surface area contributed by atoms with E-state index in [-0.39, 0.29) is 12.4 Å². The van der Waals surface area contributed by atoms with E-state index in [4.69, 9.17) is 10.5 Å². The lowest BCUT2D eigenvalue weighted by molar-refractivity contribution is 0.0536. The molecule has 1 aromatic rings. The molecule has 17 heavy (non-hydrogen) atoms. The third kappa shape index (κ3) is 4.71. The minimum absolute atomic E-state index is 0.239. The first kappa shape index (κ1) is 13.9. The Labute approximate surface area is 101 Å². The normalized spacial score (nSPS) is 14.4. The van der Waals surface area contributed by atoms with Gasteiger partial charge in [0.25, 0.3) is 0 Å². The van der Waals surface area contributed by atoms with E-state index in [1.807, 2.05) is 0 Å². The highest BCUT2D eigenvalue weighted by Crippen LogP contribution is 2.19.